The van der Waals surface area contributed by atoms with Crippen LogP contribution in [0, 0.1) is 13.8 Å². The first-order valence-corrected chi connectivity index (χ1v) is 8.83. The van der Waals surface area contributed by atoms with E-state index >= 15 is 0 Å². The van der Waals surface area contributed by atoms with E-state index < -0.39 is 0 Å². The van der Waals surface area contributed by atoms with Crippen LogP contribution in [0.2, 0.25) is 0 Å². The number of rotatable bonds is 9. The highest BCUT2D eigenvalue weighted by Gasteiger charge is 2.14. The van der Waals surface area contributed by atoms with Gasteiger partial charge in [0, 0.05) is 26.3 Å². The Balaban J connectivity index is 0.00000312. The molecule has 144 valence electrons. The van der Waals surface area contributed by atoms with Crippen LogP contribution < -0.4 is 10.6 Å². The van der Waals surface area contributed by atoms with Crippen molar-refractivity contribution in [1.29, 1.82) is 0 Å². The highest BCUT2D eigenvalue weighted by Crippen LogP contribution is 2.12. The van der Waals surface area contributed by atoms with Crippen molar-refractivity contribution in [1.82, 2.24) is 15.6 Å². The van der Waals surface area contributed by atoms with Crippen molar-refractivity contribution in [3.63, 3.8) is 0 Å². The molecule has 0 saturated carbocycles. The van der Waals surface area contributed by atoms with Crippen LogP contribution in [0.25, 0.3) is 0 Å². The van der Waals surface area contributed by atoms with Crippen LogP contribution >= 0.6 is 24.0 Å². The quantitative estimate of drug-likeness (QED) is 0.252. The van der Waals surface area contributed by atoms with Crippen molar-refractivity contribution in [2.24, 2.45) is 4.99 Å². The van der Waals surface area contributed by atoms with E-state index in [4.69, 9.17) is 13.9 Å². The largest absolute Gasteiger partial charge is 0.444 e. The van der Waals surface area contributed by atoms with Gasteiger partial charge in [-0.15, -0.1) is 24.0 Å². The van der Waals surface area contributed by atoms with Gasteiger partial charge in [0.1, 0.15) is 12.3 Å². The second-order valence-electron chi connectivity index (χ2n) is 5.93. The van der Waals surface area contributed by atoms with Crippen LogP contribution in [0.4, 0.5) is 0 Å². The zero-order valence-electron chi connectivity index (χ0n) is 15.5. The number of aromatic nitrogens is 1. The number of hydrogen-bond donors (Lipinski definition) is 2. The molecule has 25 heavy (non-hydrogen) atoms. The molecule has 1 aromatic heterocycles. The molecule has 8 heteroatoms. The summed E-state index contributed by atoms with van der Waals surface area (Å²) >= 11 is 0. The molecule has 2 N–H and O–H groups in total. The predicted octanol–water partition coefficient (Wildman–Crippen LogP) is 2.55. The number of guanidine groups is 1. The van der Waals surface area contributed by atoms with Gasteiger partial charge in [-0.05, 0) is 40.0 Å². The molecular weight excluding hydrogens is 435 g/mol. The van der Waals surface area contributed by atoms with Gasteiger partial charge in [0.15, 0.2) is 5.96 Å². The van der Waals surface area contributed by atoms with Crippen molar-refractivity contribution in [2.45, 2.75) is 52.7 Å². The van der Waals surface area contributed by atoms with Gasteiger partial charge >= 0.3 is 0 Å². The van der Waals surface area contributed by atoms with Gasteiger partial charge in [0.25, 0.3) is 0 Å². The lowest BCUT2D eigenvalue weighted by Gasteiger charge is -2.12. The summed E-state index contributed by atoms with van der Waals surface area (Å²) in [5.41, 5.74) is 0.918. The summed E-state index contributed by atoms with van der Waals surface area (Å²) in [4.78, 5) is 8.84. The van der Waals surface area contributed by atoms with Crippen LogP contribution in [-0.4, -0.2) is 50.0 Å². The minimum Gasteiger partial charge on any atom is -0.444 e. The monoisotopic (exact) mass is 466 g/mol. The number of hydrogen-bond acceptors (Lipinski definition) is 5. The predicted molar refractivity (Wildman–Crippen MR) is 109 cm³/mol. The van der Waals surface area contributed by atoms with E-state index in [-0.39, 0.29) is 24.0 Å². The third-order valence-corrected chi connectivity index (χ3v) is 3.88. The maximum absolute atomic E-state index is 5.65. The first kappa shape index (κ1) is 22.2. The molecule has 0 spiro atoms. The van der Waals surface area contributed by atoms with Crippen molar-refractivity contribution < 1.29 is 13.9 Å². The number of oxazole rings is 1. The van der Waals surface area contributed by atoms with Crippen LogP contribution in [0.1, 0.15) is 43.5 Å². The number of nitrogens with one attached hydrogen (secondary N) is 2. The molecule has 1 aromatic rings. The molecule has 2 heterocycles. The number of aliphatic imine (C=N–C) groups is 1. The molecule has 2 rings (SSSR count). The van der Waals surface area contributed by atoms with Crippen LogP contribution in [0.15, 0.2) is 9.41 Å². The fraction of sp³-hybridized carbons (Fsp3) is 0.765. The average molecular weight is 466 g/mol. The molecular formula is C17H31IN4O3. The summed E-state index contributed by atoms with van der Waals surface area (Å²) in [6.07, 6.45) is 3.50. The molecule has 1 unspecified atom stereocenters. The maximum atomic E-state index is 5.65. The van der Waals surface area contributed by atoms with E-state index in [2.05, 4.69) is 20.6 Å². The van der Waals surface area contributed by atoms with E-state index in [1.54, 1.807) is 0 Å². The normalized spacial score (nSPS) is 17.4. The molecule has 1 aliphatic heterocycles. The van der Waals surface area contributed by atoms with E-state index in [0.29, 0.717) is 25.1 Å². The molecule has 0 aromatic carbocycles. The Morgan fingerprint density at radius 3 is 2.84 bits per heavy atom. The summed E-state index contributed by atoms with van der Waals surface area (Å²) < 4.78 is 16.7. The van der Waals surface area contributed by atoms with Gasteiger partial charge in [0.2, 0.25) is 5.89 Å². The Kier molecular flexibility index (Phi) is 11.1. The van der Waals surface area contributed by atoms with Gasteiger partial charge in [-0.3, -0.25) is 0 Å². The van der Waals surface area contributed by atoms with Crippen LogP contribution in [0.5, 0.6) is 0 Å². The van der Waals surface area contributed by atoms with Crippen molar-refractivity contribution >= 4 is 29.9 Å². The van der Waals surface area contributed by atoms with E-state index in [0.717, 1.165) is 63.0 Å². The summed E-state index contributed by atoms with van der Waals surface area (Å²) in [5, 5.41) is 6.52. The minimum absolute atomic E-state index is 0. The molecule has 0 aliphatic carbocycles. The van der Waals surface area contributed by atoms with Crippen molar-refractivity contribution in [2.75, 3.05) is 32.9 Å². The molecule has 1 saturated heterocycles. The Labute approximate surface area is 167 Å². The summed E-state index contributed by atoms with van der Waals surface area (Å²) in [6, 6.07) is 0. The zero-order chi connectivity index (χ0) is 17.2. The first-order valence-electron chi connectivity index (χ1n) is 8.83. The lowest BCUT2D eigenvalue weighted by Crippen LogP contribution is -2.38. The van der Waals surface area contributed by atoms with E-state index in [9.17, 15) is 0 Å². The number of aryl methyl sites for hydroxylation is 2. The third kappa shape index (κ3) is 8.37. The standard InChI is InChI=1S/C17H30N4O3.HI/c1-4-18-17(20-11-16-21-13(2)14(3)24-16)19-8-6-9-22-12-15-7-5-10-23-15;/h15H,4-12H2,1-3H3,(H2,18,19,20);1H. The van der Waals surface area contributed by atoms with Gasteiger partial charge in [-0.1, -0.05) is 0 Å². The van der Waals surface area contributed by atoms with Crippen LogP contribution in [0.3, 0.4) is 0 Å². The van der Waals surface area contributed by atoms with Crippen molar-refractivity contribution in [3.05, 3.63) is 17.3 Å². The van der Waals surface area contributed by atoms with Gasteiger partial charge in [-0.25, -0.2) is 9.98 Å². The maximum Gasteiger partial charge on any atom is 0.216 e. The van der Waals surface area contributed by atoms with E-state index in [1.165, 1.54) is 0 Å². The second-order valence-corrected chi connectivity index (χ2v) is 5.93. The Morgan fingerprint density at radius 2 is 2.20 bits per heavy atom. The molecule has 1 fully saturated rings. The lowest BCUT2D eigenvalue weighted by atomic mass is 10.2. The Hall–Kier alpha value is -0.870. The molecule has 7 nitrogen and oxygen atoms in total. The summed E-state index contributed by atoms with van der Waals surface area (Å²) in [6.45, 7) is 10.2. The lowest BCUT2D eigenvalue weighted by molar-refractivity contribution is 0.0168. The SMILES string of the molecule is CCNC(=NCc1nc(C)c(C)o1)NCCCOCC1CCCO1.I. The second kappa shape index (κ2) is 12.5. The molecule has 1 atom stereocenters. The Morgan fingerprint density at radius 1 is 1.36 bits per heavy atom. The molecule has 1 aliphatic rings. The topological polar surface area (TPSA) is 80.9 Å². The number of nitrogens with zero attached hydrogens (tertiary/aromatic N) is 2. The Bertz CT molecular complexity index is 496. The smallest absolute Gasteiger partial charge is 0.216 e. The highest BCUT2D eigenvalue weighted by atomic mass is 127. The number of halogens is 1. The highest BCUT2D eigenvalue weighted by molar-refractivity contribution is 14.0. The third-order valence-electron chi connectivity index (χ3n) is 3.88. The molecule has 0 bridgehead atoms. The van der Waals surface area contributed by atoms with Gasteiger partial charge in [-0.2, -0.15) is 0 Å². The van der Waals surface area contributed by atoms with E-state index in [1.807, 2.05) is 20.8 Å². The first-order chi connectivity index (χ1) is 11.7. The summed E-state index contributed by atoms with van der Waals surface area (Å²) in [5.74, 6) is 2.26. The zero-order valence-corrected chi connectivity index (χ0v) is 17.8. The average Bonchev–Trinajstić information content (AvgIpc) is 3.18. The number of ether oxygens (including phenoxy) is 2. The minimum atomic E-state index is 0. The molecule has 0 radical (unpaired) electrons. The van der Waals surface area contributed by atoms with Gasteiger partial charge in [0.05, 0.1) is 18.4 Å². The molecule has 0 amide bonds. The van der Waals surface area contributed by atoms with Gasteiger partial charge < -0.3 is 24.5 Å². The van der Waals surface area contributed by atoms with Crippen molar-refractivity contribution in [3.8, 4) is 0 Å². The fourth-order valence-corrected chi connectivity index (χ4v) is 2.47. The van der Waals surface area contributed by atoms with Crippen LogP contribution in [-0.2, 0) is 16.0 Å². The summed E-state index contributed by atoms with van der Waals surface area (Å²) in [7, 11) is 0. The fourth-order valence-electron chi connectivity index (χ4n) is 2.47.